The van der Waals surface area contributed by atoms with Gasteiger partial charge in [-0.15, -0.1) is 0 Å². The Balaban J connectivity index is 2.45. The molecule has 0 bridgehead atoms. The molecule has 0 aliphatic carbocycles. The quantitative estimate of drug-likeness (QED) is 0.902. The molecular formula is C14H12ClNO4S. The summed E-state index contributed by atoms with van der Waals surface area (Å²) in [5.41, 5.74) is 0.755. The van der Waals surface area contributed by atoms with Crippen LogP contribution in [0.3, 0.4) is 0 Å². The second-order valence-corrected chi connectivity index (χ2v) is 6.78. The van der Waals surface area contributed by atoms with Gasteiger partial charge in [-0.25, -0.2) is 13.2 Å². The third-order valence-electron chi connectivity index (χ3n) is 2.76. The molecule has 21 heavy (non-hydrogen) atoms. The normalized spacial score (nSPS) is 11.1. The Hall–Kier alpha value is -2.05. The van der Waals surface area contributed by atoms with Crippen LogP contribution in [-0.2, 0) is 9.84 Å². The number of carbonyl (C=O) groups is 1. The number of para-hydroxylation sites is 1. The van der Waals surface area contributed by atoms with E-state index in [1.54, 1.807) is 24.3 Å². The van der Waals surface area contributed by atoms with Gasteiger partial charge in [0.15, 0.2) is 9.84 Å². The summed E-state index contributed by atoms with van der Waals surface area (Å²) in [5, 5.41) is 12.0. The average molecular weight is 326 g/mol. The molecule has 0 amide bonds. The van der Waals surface area contributed by atoms with Crippen LogP contribution >= 0.6 is 11.6 Å². The van der Waals surface area contributed by atoms with E-state index in [2.05, 4.69) is 5.32 Å². The van der Waals surface area contributed by atoms with Gasteiger partial charge in [0.1, 0.15) is 0 Å². The van der Waals surface area contributed by atoms with Crippen molar-refractivity contribution in [1.82, 2.24) is 0 Å². The predicted octanol–water partition coefficient (Wildman–Crippen LogP) is 3.19. The summed E-state index contributed by atoms with van der Waals surface area (Å²) in [7, 11) is -3.39. The van der Waals surface area contributed by atoms with Gasteiger partial charge in [0.25, 0.3) is 0 Å². The Morgan fingerprint density at radius 3 is 2.48 bits per heavy atom. The summed E-state index contributed by atoms with van der Waals surface area (Å²) in [6.45, 7) is 0. The number of anilines is 2. The smallest absolute Gasteiger partial charge is 0.337 e. The fraction of sp³-hybridized carbons (Fsp3) is 0.0714. The fourth-order valence-corrected chi connectivity index (χ4v) is 2.86. The van der Waals surface area contributed by atoms with Crippen LogP contribution in [-0.4, -0.2) is 25.7 Å². The fourth-order valence-electron chi connectivity index (χ4n) is 1.82. The molecule has 0 atom stereocenters. The van der Waals surface area contributed by atoms with Crippen LogP contribution in [0.5, 0.6) is 0 Å². The van der Waals surface area contributed by atoms with Gasteiger partial charge in [0, 0.05) is 11.9 Å². The number of rotatable bonds is 4. The minimum Gasteiger partial charge on any atom is -0.478 e. The zero-order chi connectivity index (χ0) is 15.6. The van der Waals surface area contributed by atoms with Crippen molar-refractivity contribution >= 4 is 38.8 Å². The third-order valence-corrected chi connectivity index (χ3v) is 4.25. The minimum atomic E-state index is -3.39. The van der Waals surface area contributed by atoms with E-state index in [1.807, 2.05) is 0 Å². The van der Waals surface area contributed by atoms with E-state index in [1.165, 1.54) is 18.2 Å². The van der Waals surface area contributed by atoms with Crippen LogP contribution < -0.4 is 5.32 Å². The highest BCUT2D eigenvalue weighted by molar-refractivity contribution is 7.90. The molecule has 2 N–H and O–H groups in total. The Morgan fingerprint density at radius 2 is 1.86 bits per heavy atom. The van der Waals surface area contributed by atoms with Crippen molar-refractivity contribution in [2.45, 2.75) is 4.90 Å². The van der Waals surface area contributed by atoms with Crippen LogP contribution in [0, 0.1) is 0 Å². The molecule has 110 valence electrons. The second kappa shape index (κ2) is 5.75. The number of hydrogen-bond donors (Lipinski definition) is 2. The van der Waals surface area contributed by atoms with E-state index >= 15 is 0 Å². The lowest BCUT2D eigenvalue weighted by molar-refractivity contribution is 0.0697. The number of aromatic carboxylic acids is 1. The SMILES string of the molecule is CS(=O)(=O)c1ccccc1Nc1ccc(Cl)c(C(=O)O)c1. The van der Waals surface area contributed by atoms with Gasteiger partial charge in [-0.05, 0) is 30.3 Å². The molecule has 0 radical (unpaired) electrons. The van der Waals surface area contributed by atoms with Crippen LogP contribution in [0.2, 0.25) is 5.02 Å². The Labute approximate surface area is 127 Å². The molecule has 2 rings (SSSR count). The Morgan fingerprint density at radius 1 is 1.19 bits per heavy atom. The van der Waals surface area contributed by atoms with Crippen molar-refractivity contribution in [3.05, 3.63) is 53.1 Å². The van der Waals surface area contributed by atoms with Gasteiger partial charge in [0.2, 0.25) is 0 Å². The lowest BCUT2D eigenvalue weighted by atomic mass is 10.2. The first kappa shape index (κ1) is 15.3. The van der Waals surface area contributed by atoms with Crippen LogP contribution in [0.4, 0.5) is 11.4 Å². The Bertz CT molecular complexity index is 802. The molecule has 0 spiro atoms. The first-order valence-corrected chi connectivity index (χ1v) is 8.15. The van der Waals surface area contributed by atoms with Gasteiger partial charge in [-0.1, -0.05) is 23.7 Å². The lowest BCUT2D eigenvalue weighted by Gasteiger charge is -2.11. The van der Waals surface area contributed by atoms with Crippen molar-refractivity contribution in [3.8, 4) is 0 Å². The summed E-state index contributed by atoms with van der Waals surface area (Å²) in [4.78, 5) is 11.2. The zero-order valence-corrected chi connectivity index (χ0v) is 12.6. The molecule has 0 aromatic heterocycles. The average Bonchev–Trinajstić information content (AvgIpc) is 2.40. The number of carboxylic acid groups (broad SMARTS) is 1. The van der Waals surface area contributed by atoms with E-state index in [4.69, 9.17) is 16.7 Å². The summed E-state index contributed by atoms with van der Waals surface area (Å²) in [5.74, 6) is -1.15. The molecule has 0 aliphatic rings. The van der Waals surface area contributed by atoms with E-state index in [9.17, 15) is 13.2 Å². The molecule has 0 fully saturated rings. The number of halogens is 1. The topological polar surface area (TPSA) is 83.5 Å². The standard InChI is InChI=1S/C14H12ClNO4S/c1-21(19,20)13-5-3-2-4-12(13)16-9-6-7-11(15)10(8-9)14(17)18/h2-8,16H,1H3,(H,17,18). The maximum atomic E-state index is 11.7. The highest BCUT2D eigenvalue weighted by atomic mass is 35.5. The highest BCUT2D eigenvalue weighted by Gasteiger charge is 2.14. The van der Waals surface area contributed by atoms with Crippen LogP contribution in [0.25, 0.3) is 0 Å². The maximum absolute atomic E-state index is 11.7. The minimum absolute atomic E-state index is 0.0569. The van der Waals surface area contributed by atoms with Crippen molar-refractivity contribution in [2.24, 2.45) is 0 Å². The molecule has 0 aliphatic heterocycles. The summed E-state index contributed by atoms with van der Waals surface area (Å²) < 4.78 is 23.4. The van der Waals surface area contributed by atoms with Gasteiger partial charge >= 0.3 is 5.97 Å². The highest BCUT2D eigenvalue weighted by Crippen LogP contribution is 2.27. The van der Waals surface area contributed by atoms with E-state index in [-0.39, 0.29) is 15.5 Å². The number of hydrogen-bond acceptors (Lipinski definition) is 4. The molecule has 0 saturated carbocycles. The van der Waals surface area contributed by atoms with Gasteiger partial charge < -0.3 is 10.4 Å². The Kier molecular flexibility index (Phi) is 4.20. The maximum Gasteiger partial charge on any atom is 0.337 e. The zero-order valence-electron chi connectivity index (χ0n) is 11.0. The largest absolute Gasteiger partial charge is 0.478 e. The predicted molar refractivity (Wildman–Crippen MR) is 81.2 cm³/mol. The lowest BCUT2D eigenvalue weighted by Crippen LogP contribution is -2.03. The summed E-state index contributed by atoms with van der Waals surface area (Å²) >= 11 is 5.79. The molecule has 7 heteroatoms. The molecule has 2 aromatic rings. The molecule has 0 unspecified atom stereocenters. The van der Waals surface area contributed by atoms with Gasteiger partial charge in [-0.3, -0.25) is 0 Å². The van der Waals surface area contributed by atoms with Crippen LogP contribution in [0.1, 0.15) is 10.4 Å². The van der Waals surface area contributed by atoms with Crippen LogP contribution in [0.15, 0.2) is 47.4 Å². The van der Waals surface area contributed by atoms with Gasteiger partial charge in [-0.2, -0.15) is 0 Å². The first-order valence-electron chi connectivity index (χ1n) is 5.88. The van der Waals surface area contributed by atoms with Crippen molar-refractivity contribution in [1.29, 1.82) is 0 Å². The summed E-state index contributed by atoms with van der Waals surface area (Å²) in [6.07, 6.45) is 1.11. The molecule has 0 heterocycles. The van der Waals surface area contributed by atoms with E-state index in [0.717, 1.165) is 6.26 Å². The van der Waals surface area contributed by atoms with E-state index in [0.29, 0.717) is 11.4 Å². The number of carboxylic acids is 1. The number of benzene rings is 2. The number of sulfone groups is 1. The number of nitrogens with one attached hydrogen (secondary N) is 1. The molecule has 2 aromatic carbocycles. The monoisotopic (exact) mass is 325 g/mol. The molecule has 5 nitrogen and oxygen atoms in total. The first-order chi connectivity index (χ1) is 9.79. The van der Waals surface area contributed by atoms with Gasteiger partial charge in [0.05, 0.1) is 21.2 Å². The second-order valence-electron chi connectivity index (χ2n) is 4.39. The van der Waals surface area contributed by atoms with E-state index < -0.39 is 15.8 Å². The van der Waals surface area contributed by atoms with Crippen molar-refractivity contribution in [2.75, 3.05) is 11.6 Å². The molecular weight excluding hydrogens is 314 g/mol. The van der Waals surface area contributed by atoms with Crippen molar-refractivity contribution in [3.63, 3.8) is 0 Å². The summed E-state index contributed by atoms with van der Waals surface area (Å²) in [6, 6.07) is 10.8. The van der Waals surface area contributed by atoms with Crippen molar-refractivity contribution < 1.29 is 18.3 Å². The third kappa shape index (κ3) is 3.53. The molecule has 0 saturated heterocycles.